The van der Waals surface area contributed by atoms with E-state index in [0.29, 0.717) is 13.1 Å². The standard InChI is InChI=1S/C8H14FNO2/c1-6(8(11)12)10-3-2-7(4-9)5-10/h6-7H,2-5H2,1H3,(H,11,12). The van der Waals surface area contributed by atoms with Crippen molar-refractivity contribution in [1.82, 2.24) is 4.90 Å². The normalized spacial score (nSPS) is 27.3. The van der Waals surface area contributed by atoms with Crippen molar-refractivity contribution in [2.45, 2.75) is 19.4 Å². The summed E-state index contributed by atoms with van der Waals surface area (Å²) in [6, 6.07) is -0.471. The van der Waals surface area contributed by atoms with Gasteiger partial charge in [0.2, 0.25) is 0 Å². The average molecular weight is 175 g/mol. The van der Waals surface area contributed by atoms with Gasteiger partial charge < -0.3 is 5.11 Å². The van der Waals surface area contributed by atoms with E-state index in [2.05, 4.69) is 0 Å². The van der Waals surface area contributed by atoms with E-state index in [4.69, 9.17) is 5.11 Å². The average Bonchev–Trinajstić information content (AvgIpc) is 2.50. The predicted octanol–water partition coefficient (Wildman–Crippen LogP) is 0.751. The van der Waals surface area contributed by atoms with Crippen LogP contribution in [0.3, 0.4) is 0 Å². The van der Waals surface area contributed by atoms with Crippen LogP contribution in [0.25, 0.3) is 0 Å². The molecule has 12 heavy (non-hydrogen) atoms. The minimum Gasteiger partial charge on any atom is -0.480 e. The van der Waals surface area contributed by atoms with Crippen LogP contribution in [-0.4, -0.2) is 41.8 Å². The van der Waals surface area contributed by atoms with E-state index < -0.39 is 12.0 Å². The number of rotatable bonds is 3. The van der Waals surface area contributed by atoms with Gasteiger partial charge in [0.25, 0.3) is 0 Å². The maximum absolute atomic E-state index is 12.2. The Bertz CT molecular complexity index is 174. The third kappa shape index (κ3) is 1.94. The van der Waals surface area contributed by atoms with E-state index in [1.54, 1.807) is 6.92 Å². The van der Waals surface area contributed by atoms with Crippen LogP contribution in [0.4, 0.5) is 4.39 Å². The van der Waals surface area contributed by atoms with Crippen molar-refractivity contribution < 1.29 is 14.3 Å². The van der Waals surface area contributed by atoms with Gasteiger partial charge in [-0.1, -0.05) is 0 Å². The maximum atomic E-state index is 12.2. The molecule has 2 unspecified atom stereocenters. The topological polar surface area (TPSA) is 40.5 Å². The molecular formula is C8H14FNO2. The molecule has 1 fully saturated rings. The van der Waals surface area contributed by atoms with Crippen LogP contribution in [-0.2, 0) is 4.79 Å². The van der Waals surface area contributed by atoms with Gasteiger partial charge in [-0.3, -0.25) is 14.1 Å². The Morgan fingerprint density at radius 3 is 2.92 bits per heavy atom. The second kappa shape index (κ2) is 3.85. The second-order valence-corrected chi connectivity index (χ2v) is 3.32. The van der Waals surface area contributed by atoms with Crippen LogP contribution in [0.1, 0.15) is 13.3 Å². The van der Waals surface area contributed by atoms with Gasteiger partial charge in [-0.2, -0.15) is 0 Å². The van der Waals surface area contributed by atoms with Crippen molar-refractivity contribution in [2.24, 2.45) is 5.92 Å². The highest BCUT2D eigenvalue weighted by Crippen LogP contribution is 2.18. The first-order valence-electron chi connectivity index (χ1n) is 4.18. The molecule has 1 N–H and O–H groups in total. The van der Waals surface area contributed by atoms with Crippen LogP contribution in [0, 0.1) is 5.92 Å². The molecule has 0 aromatic carbocycles. The first-order chi connectivity index (χ1) is 5.65. The van der Waals surface area contributed by atoms with Crippen molar-refractivity contribution >= 4 is 5.97 Å². The molecule has 2 atom stereocenters. The fourth-order valence-corrected chi connectivity index (χ4v) is 1.50. The molecule has 70 valence electrons. The van der Waals surface area contributed by atoms with Crippen molar-refractivity contribution in [3.63, 3.8) is 0 Å². The summed E-state index contributed by atoms with van der Waals surface area (Å²) in [5, 5.41) is 8.67. The molecule has 0 radical (unpaired) electrons. The summed E-state index contributed by atoms with van der Waals surface area (Å²) in [5.74, 6) is -0.777. The smallest absolute Gasteiger partial charge is 0.320 e. The highest BCUT2D eigenvalue weighted by Gasteiger charge is 2.28. The van der Waals surface area contributed by atoms with Gasteiger partial charge in [-0.25, -0.2) is 0 Å². The number of carbonyl (C=O) groups is 1. The summed E-state index contributed by atoms with van der Waals surface area (Å²) in [6.45, 7) is 2.61. The lowest BCUT2D eigenvalue weighted by Crippen LogP contribution is -2.37. The number of hydrogen-bond acceptors (Lipinski definition) is 2. The maximum Gasteiger partial charge on any atom is 0.320 e. The zero-order chi connectivity index (χ0) is 9.14. The summed E-state index contributed by atoms with van der Waals surface area (Å²) in [4.78, 5) is 12.4. The van der Waals surface area contributed by atoms with E-state index in [1.165, 1.54) is 0 Å². The molecule has 1 aliphatic heterocycles. The molecule has 0 bridgehead atoms. The number of carboxylic acids is 1. The Kier molecular flexibility index (Phi) is 3.03. The molecule has 0 aliphatic carbocycles. The summed E-state index contributed by atoms with van der Waals surface area (Å²) < 4.78 is 12.2. The number of carboxylic acid groups (broad SMARTS) is 1. The van der Waals surface area contributed by atoms with Crippen LogP contribution in [0.2, 0.25) is 0 Å². The van der Waals surface area contributed by atoms with Crippen LogP contribution in [0.5, 0.6) is 0 Å². The van der Waals surface area contributed by atoms with E-state index in [1.807, 2.05) is 4.90 Å². The van der Waals surface area contributed by atoms with Gasteiger partial charge in [0.15, 0.2) is 0 Å². The molecule has 0 aromatic rings. The largest absolute Gasteiger partial charge is 0.480 e. The number of likely N-dealkylation sites (tertiary alicyclic amines) is 1. The minimum absolute atomic E-state index is 0.0480. The summed E-state index contributed by atoms with van der Waals surface area (Å²) in [7, 11) is 0. The highest BCUT2D eigenvalue weighted by molar-refractivity contribution is 5.72. The van der Waals surface area contributed by atoms with Crippen molar-refractivity contribution in [2.75, 3.05) is 19.8 Å². The molecule has 0 saturated carbocycles. The van der Waals surface area contributed by atoms with Crippen molar-refractivity contribution in [3.05, 3.63) is 0 Å². The molecule has 0 spiro atoms. The van der Waals surface area contributed by atoms with E-state index in [-0.39, 0.29) is 12.6 Å². The van der Waals surface area contributed by atoms with Gasteiger partial charge in [0.1, 0.15) is 6.04 Å². The Labute approximate surface area is 71.2 Å². The molecule has 0 aromatic heterocycles. The fourth-order valence-electron chi connectivity index (χ4n) is 1.50. The summed E-state index contributed by atoms with van der Waals surface area (Å²) in [6.07, 6.45) is 0.786. The van der Waals surface area contributed by atoms with Crippen molar-refractivity contribution in [1.29, 1.82) is 0 Å². The molecule has 1 aliphatic rings. The number of nitrogens with zero attached hydrogens (tertiary/aromatic N) is 1. The molecular weight excluding hydrogens is 161 g/mol. The molecule has 3 nitrogen and oxygen atoms in total. The van der Waals surface area contributed by atoms with E-state index in [9.17, 15) is 9.18 Å². The quantitative estimate of drug-likeness (QED) is 0.688. The Morgan fingerprint density at radius 1 is 1.83 bits per heavy atom. The lowest BCUT2D eigenvalue weighted by molar-refractivity contribution is -0.142. The van der Waals surface area contributed by atoms with Crippen LogP contribution < -0.4 is 0 Å². The SMILES string of the molecule is CC(C(=O)O)N1CCC(CF)C1. The van der Waals surface area contributed by atoms with Gasteiger partial charge in [0.05, 0.1) is 6.67 Å². The zero-order valence-electron chi connectivity index (χ0n) is 7.16. The molecule has 1 saturated heterocycles. The van der Waals surface area contributed by atoms with Gasteiger partial charge in [0, 0.05) is 12.5 Å². The number of alkyl halides is 1. The van der Waals surface area contributed by atoms with E-state index in [0.717, 1.165) is 6.42 Å². The molecule has 0 amide bonds. The fraction of sp³-hybridized carbons (Fsp3) is 0.875. The second-order valence-electron chi connectivity index (χ2n) is 3.32. The molecule has 1 heterocycles. The Hall–Kier alpha value is -0.640. The number of halogens is 1. The number of hydrogen-bond donors (Lipinski definition) is 1. The van der Waals surface area contributed by atoms with Gasteiger partial charge >= 0.3 is 5.97 Å². The number of aliphatic carboxylic acids is 1. The molecule has 1 rings (SSSR count). The first-order valence-corrected chi connectivity index (χ1v) is 4.18. The third-order valence-electron chi connectivity index (χ3n) is 2.44. The summed E-state index contributed by atoms with van der Waals surface area (Å²) in [5.41, 5.74) is 0. The predicted molar refractivity (Wildman–Crippen MR) is 42.8 cm³/mol. The van der Waals surface area contributed by atoms with Gasteiger partial charge in [-0.05, 0) is 19.9 Å². The Morgan fingerprint density at radius 2 is 2.50 bits per heavy atom. The first kappa shape index (κ1) is 9.45. The third-order valence-corrected chi connectivity index (χ3v) is 2.44. The van der Waals surface area contributed by atoms with Crippen LogP contribution >= 0.6 is 0 Å². The summed E-state index contributed by atoms with van der Waals surface area (Å²) >= 11 is 0. The van der Waals surface area contributed by atoms with Crippen LogP contribution in [0.15, 0.2) is 0 Å². The lowest BCUT2D eigenvalue weighted by Gasteiger charge is -2.19. The van der Waals surface area contributed by atoms with Gasteiger partial charge in [-0.15, -0.1) is 0 Å². The minimum atomic E-state index is -0.825. The monoisotopic (exact) mass is 175 g/mol. The zero-order valence-corrected chi connectivity index (χ0v) is 7.16. The molecule has 4 heteroatoms. The lowest BCUT2D eigenvalue weighted by atomic mass is 10.1. The van der Waals surface area contributed by atoms with Crippen molar-refractivity contribution in [3.8, 4) is 0 Å². The highest BCUT2D eigenvalue weighted by atomic mass is 19.1. The van der Waals surface area contributed by atoms with E-state index >= 15 is 0 Å². The Balaban J connectivity index is 2.41.